The smallest absolute Gasteiger partial charge is 0.360 e. The molecule has 0 aliphatic rings. The summed E-state index contributed by atoms with van der Waals surface area (Å²) in [5, 5.41) is 0.0674. The molecule has 0 aromatic carbocycles. The van der Waals surface area contributed by atoms with Gasteiger partial charge in [0.25, 0.3) is 0 Å². The maximum atomic E-state index is 12.7. The molecule has 0 aliphatic heterocycles. The van der Waals surface area contributed by atoms with Gasteiger partial charge in [0.1, 0.15) is 0 Å². The molecule has 0 fully saturated rings. The monoisotopic (exact) mass is 302 g/mol. The third kappa shape index (κ3) is 4.07. The number of carbonyl (C=O) groups is 1. The van der Waals surface area contributed by atoms with Crippen molar-refractivity contribution >= 4 is 13.6 Å². The van der Waals surface area contributed by atoms with Gasteiger partial charge in [-0.3, -0.25) is 9.36 Å². The highest BCUT2D eigenvalue weighted by molar-refractivity contribution is 7.58. The lowest BCUT2D eigenvalue weighted by Gasteiger charge is -2.24. The van der Waals surface area contributed by atoms with Crippen molar-refractivity contribution in [2.24, 2.45) is 0 Å². The normalized spacial score (nSPS) is 12.9. The number of carbonyl (C=O) groups excluding carboxylic acids is 1. The molecule has 0 aliphatic carbocycles. The molecule has 1 unspecified atom stereocenters. The van der Waals surface area contributed by atoms with Crippen molar-refractivity contribution in [1.29, 1.82) is 0 Å². The van der Waals surface area contributed by atoms with Crippen LogP contribution in [0.5, 0.6) is 0 Å². The molecule has 1 atom stereocenters. The minimum atomic E-state index is -3.58. The summed E-state index contributed by atoms with van der Waals surface area (Å²) in [5.74, 6) is -0.531. The third-order valence-electron chi connectivity index (χ3n) is 2.38. The first-order chi connectivity index (χ1) is 9.44. The molecule has 1 rings (SSSR count). The molecule has 0 saturated carbocycles. The Kier molecular flexibility index (Phi) is 6.20. The second-order valence-corrected chi connectivity index (χ2v) is 5.96. The maximum absolute atomic E-state index is 12.7. The van der Waals surface area contributed by atoms with E-state index in [9.17, 15) is 9.36 Å². The predicted octanol–water partition coefficient (Wildman–Crippen LogP) is 3.66. The van der Waals surface area contributed by atoms with E-state index in [0.29, 0.717) is 5.56 Å². The fourth-order valence-electron chi connectivity index (χ4n) is 1.61. The Labute approximate surface area is 118 Å². The highest BCUT2D eigenvalue weighted by Crippen LogP contribution is 2.60. The molecular weight excluding hydrogens is 283 g/mol. The van der Waals surface area contributed by atoms with Gasteiger partial charge in [0.2, 0.25) is 0 Å². The van der Waals surface area contributed by atoms with E-state index in [0.717, 1.165) is 0 Å². The second-order valence-electron chi connectivity index (χ2n) is 3.87. The number of esters is 1. The molecule has 6 nitrogen and oxygen atoms in total. The minimum absolute atomic E-state index is 0.0674. The van der Waals surface area contributed by atoms with E-state index in [4.69, 9.17) is 18.2 Å². The van der Waals surface area contributed by atoms with Crippen LogP contribution in [0.2, 0.25) is 0 Å². The lowest BCUT2D eigenvalue weighted by Crippen LogP contribution is -2.12. The van der Waals surface area contributed by atoms with Gasteiger partial charge in [-0.15, -0.1) is 0 Å². The second kappa shape index (κ2) is 7.43. The first-order valence-electron chi connectivity index (χ1n) is 6.22. The van der Waals surface area contributed by atoms with Crippen molar-refractivity contribution in [3.8, 4) is 0 Å². The quantitative estimate of drug-likeness (QED) is 0.539. The molecule has 0 spiro atoms. The van der Waals surface area contributed by atoms with Gasteiger partial charge in [-0.05, 0) is 19.9 Å². The summed E-state index contributed by atoms with van der Waals surface area (Å²) < 4.78 is 33.2. The summed E-state index contributed by atoms with van der Waals surface area (Å²) in [4.78, 5) is 11.2. The summed E-state index contributed by atoms with van der Waals surface area (Å²) in [6, 6.07) is 1.60. The zero-order valence-corrected chi connectivity index (χ0v) is 12.7. The van der Waals surface area contributed by atoms with Crippen LogP contribution in [0.15, 0.2) is 34.9 Å². The summed E-state index contributed by atoms with van der Waals surface area (Å²) in [6.07, 6.45) is 1.88. The van der Waals surface area contributed by atoms with Crippen LogP contribution in [0.4, 0.5) is 0 Å². The number of rotatable bonds is 8. The predicted molar refractivity (Wildman–Crippen MR) is 73.2 cm³/mol. The SMILES string of the molecule is C=C(C(OC(C)=O)c1ccoc1)P(=O)(OCC)OCC. The van der Waals surface area contributed by atoms with E-state index in [1.165, 1.54) is 19.5 Å². The van der Waals surface area contributed by atoms with Crippen LogP contribution >= 0.6 is 7.60 Å². The van der Waals surface area contributed by atoms with Crippen LogP contribution < -0.4 is 0 Å². The molecule has 1 aromatic heterocycles. The minimum Gasteiger partial charge on any atom is -0.472 e. The van der Waals surface area contributed by atoms with E-state index in [-0.39, 0.29) is 18.5 Å². The van der Waals surface area contributed by atoms with E-state index in [1.54, 1.807) is 19.9 Å². The first kappa shape index (κ1) is 16.7. The van der Waals surface area contributed by atoms with Crippen LogP contribution in [0.1, 0.15) is 32.4 Å². The summed E-state index contributed by atoms with van der Waals surface area (Å²) >= 11 is 0. The van der Waals surface area contributed by atoms with Gasteiger partial charge in [0.05, 0.1) is 31.1 Å². The zero-order valence-electron chi connectivity index (χ0n) is 11.8. The van der Waals surface area contributed by atoms with Crippen molar-refractivity contribution in [3.63, 3.8) is 0 Å². The largest absolute Gasteiger partial charge is 0.472 e. The summed E-state index contributed by atoms with van der Waals surface area (Å²) in [5.41, 5.74) is 0.518. The molecule has 20 heavy (non-hydrogen) atoms. The molecule has 1 aromatic rings. The van der Waals surface area contributed by atoms with E-state index < -0.39 is 19.7 Å². The lowest BCUT2D eigenvalue weighted by molar-refractivity contribution is -0.144. The lowest BCUT2D eigenvalue weighted by atomic mass is 10.2. The summed E-state index contributed by atoms with van der Waals surface area (Å²) in [6.45, 7) is 8.76. The third-order valence-corrected chi connectivity index (χ3v) is 4.52. The fourth-order valence-corrected chi connectivity index (χ4v) is 3.18. The Morgan fingerprint density at radius 1 is 1.40 bits per heavy atom. The fraction of sp³-hybridized carbons (Fsp3) is 0.462. The van der Waals surface area contributed by atoms with Crippen LogP contribution in [0.3, 0.4) is 0 Å². The van der Waals surface area contributed by atoms with Gasteiger partial charge >= 0.3 is 13.6 Å². The van der Waals surface area contributed by atoms with E-state index in [2.05, 4.69) is 6.58 Å². The first-order valence-corrected chi connectivity index (χ1v) is 7.76. The van der Waals surface area contributed by atoms with Gasteiger partial charge in [-0.2, -0.15) is 0 Å². The molecule has 7 heteroatoms. The Bertz CT molecular complexity index is 483. The van der Waals surface area contributed by atoms with Gasteiger partial charge in [-0.25, -0.2) is 0 Å². The van der Waals surface area contributed by atoms with Crippen molar-refractivity contribution in [3.05, 3.63) is 36.0 Å². The molecule has 0 saturated heterocycles. The Morgan fingerprint density at radius 3 is 2.40 bits per heavy atom. The zero-order chi connectivity index (χ0) is 15.2. The molecule has 0 N–H and O–H groups in total. The topological polar surface area (TPSA) is 75.0 Å². The number of furan rings is 1. The molecule has 0 amide bonds. The van der Waals surface area contributed by atoms with Gasteiger partial charge < -0.3 is 18.2 Å². The molecule has 1 heterocycles. The van der Waals surface area contributed by atoms with Gasteiger partial charge in [0.15, 0.2) is 6.10 Å². The standard InChI is InChI=1S/C13H19O6P/c1-5-17-20(15,18-6-2)10(3)13(19-11(4)14)12-7-8-16-9-12/h7-9,13H,3,5-6H2,1-2,4H3. The van der Waals surface area contributed by atoms with Gasteiger partial charge in [-0.1, -0.05) is 6.58 Å². The summed E-state index contributed by atoms with van der Waals surface area (Å²) in [7, 11) is -3.58. The average molecular weight is 302 g/mol. The Morgan fingerprint density at radius 2 is 2.00 bits per heavy atom. The van der Waals surface area contributed by atoms with E-state index in [1.807, 2.05) is 0 Å². The average Bonchev–Trinajstić information content (AvgIpc) is 2.89. The van der Waals surface area contributed by atoms with Crippen molar-refractivity contribution in [2.75, 3.05) is 13.2 Å². The molecule has 0 radical (unpaired) electrons. The van der Waals surface area contributed by atoms with Crippen LogP contribution in [0, 0.1) is 0 Å². The molecular formula is C13H19O6P. The van der Waals surface area contributed by atoms with Crippen molar-refractivity contribution in [2.45, 2.75) is 26.9 Å². The van der Waals surface area contributed by atoms with E-state index >= 15 is 0 Å². The number of hydrogen-bond acceptors (Lipinski definition) is 6. The van der Waals surface area contributed by atoms with Gasteiger partial charge in [0, 0.05) is 12.5 Å². The number of hydrogen-bond donors (Lipinski definition) is 0. The maximum Gasteiger partial charge on any atom is 0.360 e. The van der Waals surface area contributed by atoms with Crippen LogP contribution in [0.25, 0.3) is 0 Å². The highest BCUT2D eigenvalue weighted by atomic mass is 31.2. The molecule has 112 valence electrons. The molecule has 0 bridgehead atoms. The van der Waals surface area contributed by atoms with Crippen molar-refractivity contribution in [1.82, 2.24) is 0 Å². The Balaban J connectivity index is 3.08. The van der Waals surface area contributed by atoms with Crippen molar-refractivity contribution < 1.29 is 27.6 Å². The van der Waals surface area contributed by atoms with Crippen LogP contribution in [-0.4, -0.2) is 19.2 Å². The Hall–Kier alpha value is -1.36. The number of ether oxygens (including phenoxy) is 1. The van der Waals surface area contributed by atoms with Crippen LogP contribution in [-0.2, 0) is 23.1 Å². The highest BCUT2D eigenvalue weighted by Gasteiger charge is 2.36.